The maximum atomic E-state index is 11.0. The van der Waals surface area contributed by atoms with Crippen molar-refractivity contribution >= 4 is 5.97 Å². The number of aliphatic hydroxyl groups excluding tert-OH is 1. The van der Waals surface area contributed by atoms with Crippen LogP contribution in [0, 0.1) is 5.41 Å². The highest BCUT2D eigenvalue weighted by molar-refractivity contribution is 5.74. The van der Waals surface area contributed by atoms with Crippen molar-refractivity contribution in [3.63, 3.8) is 0 Å². The number of rotatable bonds is 4. The Morgan fingerprint density at radius 1 is 1.62 bits per heavy atom. The Morgan fingerprint density at radius 3 is 2.54 bits per heavy atom. The predicted molar refractivity (Wildman–Crippen MR) is 49.2 cm³/mol. The third-order valence-corrected chi connectivity index (χ3v) is 3.26. The van der Waals surface area contributed by atoms with E-state index in [-0.39, 0.29) is 5.41 Å². The van der Waals surface area contributed by atoms with Gasteiger partial charge >= 0.3 is 5.97 Å². The van der Waals surface area contributed by atoms with Crippen molar-refractivity contribution in [2.45, 2.75) is 45.1 Å². The average molecular weight is 186 g/mol. The molecule has 0 heterocycles. The first-order chi connectivity index (χ1) is 6.13. The Kier molecular flexibility index (Phi) is 3.31. The number of ether oxygens (including phenoxy) is 1. The van der Waals surface area contributed by atoms with Crippen LogP contribution in [0.3, 0.4) is 0 Å². The third-order valence-electron chi connectivity index (χ3n) is 3.26. The van der Waals surface area contributed by atoms with E-state index in [2.05, 4.69) is 11.7 Å². The Bertz CT molecular complexity index is 179. The topological polar surface area (TPSA) is 46.5 Å². The molecule has 0 aromatic rings. The van der Waals surface area contributed by atoms with Gasteiger partial charge in [-0.15, -0.1) is 0 Å². The van der Waals surface area contributed by atoms with Gasteiger partial charge in [-0.25, -0.2) is 4.79 Å². The SMILES string of the molecule is CCC1(CC(O)C(=O)OC)CCC1. The zero-order chi connectivity index (χ0) is 9.90. The Balaban J connectivity index is 2.42. The molecule has 13 heavy (non-hydrogen) atoms. The number of aliphatic hydroxyl groups is 1. The van der Waals surface area contributed by atoms with Crippen LogP contribution in [0.5, 0.6) is 0 Å². The number of carbonyl (C=O) groups excluding carboxylic acids is 1. The molecule has 0 aromatic carbocycles. The summed E-state index contributed by atoms with van der Waals surface area (Å²) >= 11 is 0. The number of hydrogen-bond acceptors (Lipinski definition) is 3. The van der Waals surface area contributed by atoms with Gasteiger partial charge in [-0.05, 0) is 24.7 Å². The van der Waals surface area contributed by atoms with Crippen LogP contribution in [0.2, 0.25) is 0 Å². The lowest BCUT2D eigenvalue weighted by atomic mass is 9.64. The van der Waals surface area contributed by atoms with Gasteiger partial charge in [-0.2, -0.15) is 0 Å². The molecule has 1 saturated carbocycles. The zero-order valence-electron chi connectivity index (χ0n) is 8.38. The van der Waals surface area contributed by atoms with E-state index < -0.39 is 12.1 Å². The molecule has 1 aliphatic rings. The first-order valence-electron chi connectivity index (χ1n) is 4.89. The van der Waals surface area contributed by atoms with Gasteiger partial charge in [0.05, 0.1) is 7.11 Å². The van der Waals surface area contributed by atoms with Gasteiger partial charge in [0.2, 0.25) is 0 Å². The van der Waals surface area contributed by atoms with Gasteiger partial charge in [-0.1, -0.05) is 19.8 Å². The molecule has 1 aliphatic carbocycles. The number of hydrogen-bond donors (Lipinski definition) is 1. The molecule has 76 valence electrons. The van der Waals surface area contributed by atoms with Crippen LogP contribution >= 0.6 is 0 Å². The summed E-state index contributed by atoms with van der Waals surface area (Å²) in [6.45, 7) is 2.11. The molecular weight excluding hydrogens is 168 g/mol. The first-order valence-corrected chi connectivity index (χ1v) is 4.89. The second-order valence-corrected chi connectivity index (χ2v) is 3.95. The second kappa shape index (κ2) is 4.09. The van der Waals surface area contributed by atoms with Crippen LogP contribution in [0.4, 0.5) is 0 Å². The molecule has 1 N–H and O–H groups in total. The van der Waals surface area contributed by atoms with Crippen LogP contribution in [-0.2, 0) is 9.53 Å². The summed E-state index contributed by atoms with van der Waals surface area (Å²) in [4.78, 5) is 11.0. The minimum atomic E-state index is -0.926. The quantitative estimate of drug-likeness (QED) is 0.677. The van der Waals surface area contributed by atoms with Crippen molar-refractivity contribution < 1.29 is 14.6 Å². The summed E-state index contributed by atoms with van der Waals surface area (Å²) in [6, 6.07) is 0. The van der Waals surface area contributed by atoms with Gasteiger partial charge in [0.15, 0.2) is 6.10 Å². The van der Waals surface area contributed by atoms with Gasteiger partial charge < -0.3 is 9.84 Å². The lowest BCUT2D eigenvalue weighted by molar-refractivity contribution is -0.153. The lowest BCUT2D eigenvalue weighted by Crippen LogP contribution is -2.36. The molecule has 0 bridgehead atoms. The van der Waals surface area contributed by atoms with E-state index in [1.807, 2.05) is 0 Å². The minimum Gasteiger partial charge on any atom is -0.467 e. The summed E-state index contributed by atoms with van der Waals surface area (Å²) in [5.41, 5.74) is 0.216. The summed E-state index contributed by atoms with van der Waals surface area (Å²) in [5, 5.41) is 9.47. The first kappa shape index (κ1) is 10.5. The van der Waals surface area contributed by atoms with Crippen LogP contribution in [0.1, 0.15) is 39.0 Å². The smallest absolute Gasteiger partial charge is 0.334 e. The highest BCUT2D eigenvalue weighted by Crippen LogP contribution is 2.47. The molecule has 3 nitrogen and oxygen atoms in total. The highest BCUT2D eigenvalue weighted by atomic mass is 16.5. The fraction of sp³-hybridized carbons (Fsp3) is 0.900. The molecule has 1 rings (SSSR count). The number of esters is 1. The molecule has 1 unspecified atom stereocenters. The third kappa shape index (κ3) is 2.21. The van der Waals surface area contributed by atoms with E-state index in [4.69, 9.17) is 0 Å². The van der Waals surface area contributed by atoms with Crippen molar-refractivity contribution in [3.8, 4) is 0 Å². The molecule has 1 fully saturated rings. The second-order valence-electron chi connectivity index (χ2n) is 3.95. The summed E-state index contributed by atoms with van der Waals surface area (Å²) in [6.07, 6.45) is 4.18. The Morgan fingerprint density at radius 2 is 2.23 bits per heavy atom. The van der Waals surface area contributed by atoms with Crippen LogP contribution < -0.4 is 0 Å². The van der Waals surface area contributed by atoms with E-state index in [0.29, 0.717) is 6.42 Å². The van der Waals surface area contributed by atoms with E-state index in [9.17, 15) is 9.90 Å². The predicted octanol–water partition coefficient (Wildman–Crippen LogP) is 1.49. The van der Waals surface area contributed by atoms with E-state index in [1.165, 1.54) is 13.5 Å². The van der Waals surface area contributed by atoms with Crippen molar-refractivity contribution in [2.24, 2.45) is 5.41 Å². The van der Waals surface area contributed by atoms with Gasteiger partial charge in [0.25, 0.3) is 0 Å². The number of carbonyl (C=O) groups is 1. The molecular formula is C10H18O3. The van der Waals surface area contributed by atoms with E-state index in [0.717, 1.165) is 19.3 Å². The summed E-state index contributed by atoms with van der Waals surface area (Å²) < 4.78 is 4.48. The van der Waals surface area contributed by atoms with Crippen LogP contribution in [0.25, 0.3) is 0 Å². The largest absolute Gasteiger partial charge is 0.467 e. The van der Waals surface area contributed by atoms with Crippen molar-refractivity contribution in [2.75, 3.05) is 7.11 Å². The monoisotopic (exact) mass is 186 g/mol. The van der Waals surface area contributed by atoms with E-state index in [1.54, 1.807) is 0 Å². The maximum Gasteiger partial charge on any atom is 0.334 e. The maximum absolute atomic E-state index is 11.0. The fourth-order valence-electron chi connectivity index (χ4n) is 2.01. The van der Waals surface area contributed by atoms with Gasteiger partial charge in [0, 0.05) is 0 Å². The van der Waals surface area contributed by atoms with Gasteiger partial charge in [0.1, 0.15) is 0 Å². The minimum absolute atomic E-state index is 0.216. The summed E-state index contributed by atoms with van der Waals surface area (Å²) in [5.74, 6) is -0.500. The lowest BCUT2D eigenvalue weighted by Gasteiger charge is -2.42. The molecule has 3 heteroatoms. The molecule has 0 aliphatic heterocycles. The molecule has 0 aromatic heterocycles. The standard InChI is InChI=1S/C10H18O3/c1-3-10(5-4-6-10)7-8(11)9(12)13-2/h8,11H,3-7H2,1-2H3. The van der Waals surface area contributed by atoms with Crippen molar-refractivity contribution in [3.05, 3.63) is 0 Å². The van der Waals surface area contributed by atoms with Crippen molar-refractivity contribution in [1.29, 1.82) is 0 Å². The Hall–Kier alpha value is -0.570. The summed E-state index contributed by atoms with van der Waals surface area (Å²) in [7, 11) is 1.31. The normalized spacial score (nSPS) is 21.8. The van der Waals surface area contributed by atoms with Crippen LogP contribution in [-0.4, -0.2) is 24.3 Å². The average Bonchev–Trinajstić information content (AvgIpc) is 2.09. The Labute approximate surface area is 79.1 Å². The van der Waals surface area contributed by atoms with Crippen LogP contribution in [0.15, 0.2) is 0 Å². The number of methoxy groups -OCH3 is 1. The fourth-order valence-corrected chi connectivity index (χ4v) is 2.01. The molecule has 0 amide bonds. The zero-order valence-corrected chi connectivity index (χ0v) is 8.38. The molecule has 0 spiro atoms. The highest BCUT2D eigenvalue weighted by Gasteiger charge is 2.38. The van der Waals surface area contributed by atoms with Gasteiger partial charge in [-0.3, -0.25) is 0 Å². The molecule has 0 saturated heterocycles. The van der Waals surface area contributed by atoms with E-state index >= 15 is 0 Å². The molecule has 0 radical (unpaired) electrons. The van der Waals surface area contributed by atoms with Crippen molar-refractivity contribution in [1.82, 2.24) is 0 Å². The molecule has 1 atom stereocenters.